The van der Waals surface area contributed by atoms with E-state index in [2.05, 4.69) is 39.7 Å². The van der Waals surface area contributed by atoms with Gasteiger partial charge >= 0.3 is 0 Å². The highest BCUT2D eigenvalue weighted by Crippen LogP contribution is 2.18. The van der Waals surface area contributed by atoms with Crippen LogP contribution in [0.3, 0.4) is 0 Å². The number of thiazole rings is 1. The highest BCUT2D eigenvalue weighted by molar-refractivity contribution is 7.09. The summed E-state index contributed by atoms with van der Waals surface area (Å²) in [4.78, 5) is 8.85. The predicted octanol–water partition coefficient (Wildman–Crippen LogP) is 3.20. The largest absolute Gasteiger partial charge is 0.461 e. The van der Waals surface area contributed by atoms with E-state index in [9.17, 15) is 0 Å². The van der Waals surface area contributed by atoms with E-state index in [-0.39, 0.29) is 6.04 Å². The lowest BCUT2D eigenvalue weighted by atomic mass is 10.2. The molecule has 0 fully saturated rings. The van der Waals surface area contributed by atoms with Crippen molar-refractivity contribution < 1.29 is 8.94 Å². The molecule has 7 heteroatoms. The number of furan rings is 1. The van der Waals surface area contributed by atoms with Crippen LogP contribution in [-0.4, -0.2) is 15.1 Å². The summed E-state index contributed by atoms with van der Waals surface area (Å²) in [6.07, 6.45) is 2.55. The maximum absolute atomic E-state index is 5.23. The zero-order valence-corrected chi connectivity index (χ0v) is 12.7. The van der Waals surface area contributed by atoms with Gasteiger partial charge in [-0.3, -0.25) is 0 Å². The van der Waals surface area contributed by atoms with Crippen LogP contribution in [0.25, 0.3) is 11.6 Å². The summed E-state index contributed by atoms with van der Waals surface area (Å²) < 4.78 is 10.4. The van der Waals surface area contributed by atoms with Gasteiger partial charge in [-0.05, 0) is 25.5 Å². The van der Waals surface area contributed by atoms with Gasteiger partial charge in [-0.25, -0.2) is 4.98 Å². The van der Waals surface area contributed by atoms with E-state index >= 15 is 0 Å². The highest BCUT2D eigenvalue weighted by Gasteiger charge is 2.13. The van der Waals surface area contributed by atoms with Crippen molar-refractivity contribution in [3.8, 4) is 11.6 Å². The van der Waals surface area contributed by atoms with Gasteiger partial charge in [0.2, 0.25) is 11.7 Å². The Kier molecular flexibility index (Phi) is 4.12. The maximum atomic E-state index is 5.23. The lowest BCUT2D eigenvalue weighted by Gasteiger charge is -2.08. The van der Waals surface area contributed by atoms with Crippen molar-refractivity contribution in [2.24, 2.45) is 0 Å². The van der Waals surface area contributed by atoms with Gasteiger partial charge in [-0.2, -0.15) is 4.98 Å². The van der Waals surface area contributed by atoms with Crippen molar-refractivity contribution >= 4 is 11.3 Å². The van der Waals surface area contributed by atoms with E-state index in [0.717, 1.165) is 17.1 Å². The summed E-state index contributed by atoms with van der Waals surface area (Å²) in [6, 6.07) is 3.73. The van der Waals surface area contributed by atoms with E-state index in [0.29, 0.717) is 24.0 Å². The van der Waals surface area contributed by atoms with Crippen LogP contribution in [0.4, 0.5) is 0 Å². The number of nitrogens with zero attached hydrogens (tertiary/aromatic N) is 3. The van der Waals surface area contributed by atoms with Crippen molar-refractivity contribution in [1.29, 1.82) is 0 Å². The zero-order chi connectivity index (χ0) is 14.7. The second-order valence-corrected chi connectivity index (χ2v) is 5.55. The molecule has 21 heavy (non-hydrogen) atoms. The summed E-state index contributed by atoms with van der Waals surface area (Å²) in [7, 11) is 0. The number of rotatable bonds is 6. The molecular weight excluding hydrogens is 288 g/mol. The van der Waals surface area contributed by atoms with Gasteiger partial charge < -0.3 is 14.3 Å². The number of aryl methyl sites for hydroxylation is 1. The molecule has 0 saturated carbocycles. The van der Waals surface area contributed by atoms with Gasteiger partial charge in [0.15, 0.2) is 5.76 Å². The Hall–Kier alpha value is -1.99. The van der Waals surface area contributed by atoms with E-state index in [4.69, 9.17) is 8.94 Å². The normalized spacial score (nSPS) is 12.7. The third-order valence-corrected chi connectivity index (χ3v) is 4.10. The van der Waals surface area contributed by atoms with Crippen molar-refractivity contribution in [3.05, 3.63) is 40.4 Å². The average molecular weight is 304 g/mol. The van der Waals surface area contributed by atoms with Crippen LogP contribution < -0.4 is 5.32 Å². The van der Waals surface area contributed by atoms with E-state index in [1.165, 1.54) is 0 Å². The molecule has 6 nitrogen and oxygen atoms in total. The first-order valence-corrected chi connectivity index (χ1v) is 7.68. The van der Waals surface area contributed by atoms with Gasteiger partial charge in [0.05, 0.1) is 23.5 Å². The minimum Gasteiger partial charge on any atom is -0.461 e. The van der Waals surface area contributed by atoms with E-state index in [1.807, 2.05) is 0 Å². The van der Waals surface area contributed by atoms with Gasteiger partial charge in [0.1, 0.15) is 0 Å². The Balaban J connectivity index is 1.60. The highest BCUT2D eigenvalue weighted by atomic mass is 32.1. The minimum atomic E-state index is 0.139. The number of nitrogens with one attached hydrogen (secondary N) is 1. The molecule has 3 rings (SSSR count). The molecular formula is C14H16N4O2S. The number of hydrogen-bond acceptors (Lipinski definition) is 7. The van der Waals surface area contributed by atoms with Crippen LogP contribution in [0.5, 0.6) is 0 Å². The molecule has 110 valence electrons. The second kappa shape index (κ2) is 6.19. The number of aromatic nitrogens is 3. The topological polar surface area (TPSA) is 77.0 Å². The lowest BCUT2D eigenvalue weighted by Crippen LogP contribution is -2.18. The fraction of sp³-hybridized carbons (Fsp3) is 0.357. The smallest absolute Gasteiger partial charge is 0.241 e. The van der Waals surface area contributed by atoms with E-state index < -0.39 is 0 Å². The Bertz CT molecular complexity index is 689. The molecule has 0 aliphatic rings. The van der Waals surface area contributed by atoms with E-state index in [1.54, 1.807) is 29.7 Å². The Morgan fingerprint density at radius 1 is 1.38 bits per heavy atom. The fourth-order valence-electron chi connectivity index (χ4n) is 1.86. The predicted molar refractivity (Wildman–Crippen MR) is 78.7 cm³/mol. The molecule has 0 bridgehead atoms. The molecule has 0 aliphatic heterocycles. The molecule has 3 aromatic rings. The first-order valence-electron chi connectivity index (χ1n) is 6.80. The fourth-order valence-corrected chi connectivity index (χ4v) is 2.70. The zero-order valence-electron chi connectivity index (χ0n) is 11.9. The molecule has 1 atom stereocenters. The average Bonchev–Trinajstić information content (AvgIpc) is 3.24. The monoisotopic (exact) mass is 304 g/mol. The second-order valence-electron chi connectivity index (χ2n) is 4.61. The SMILES string of the molecule is CCc1nc(C(C)NCc2nc(-c3ccco3)no2)cs1. The molecule has 0 aliphatic carbocycles. The van der Waals surface area contributed by atoms with Crippen molar-refractivity contribution in [3.63, 3.8) is 0 Å². The van der Waals surface area contributed by atoms with Crippen molar-refractivity contribution in [1.82, 2.24) is 20.4 Å². The molecule has 3 heterocycles. The van der Waals surface area contributed by atoms with Crippen LogP contribution >= 0.6 is 11.3 Å². The maximum Gasteiger partial charge on any atom is 0.241 e. The van der Waals surface area contributed by atoms with Gasteiger partial charge in [-0.15, -0.1) is 11.3 Å². The first kappa shape index (κ1) is 14.0. The summed E-state index contributed by atoms with van der Waals surface area (Å²) in [6.45, 7) is 4.67. The molecule has 3 aromatic heterocycles. The summed E-state index contributed by atoms with van der Waals surface area (Å²) in [5, 5.41) is 10.5. The van der Waals surface area contributed by atoms with Crippen LogP contribution in [0.15, 0.2) is 32.7 Å². The van der Waals surface area contributed by atoms with Crippen LogP contribution in [0, 0.1) is 0 Å². The Labute approximate surface area is 126 Å². The summed E-state index contributed by atoms with van der Waals surface area (Å²) >= 11 is 1.69. The van der Waals surface area contributed by atoms with Gasteiger partial charge in [0, 0.05) is 11.4 Å². The molecule has 0 radical (unpaired) electrons. The lowest BCUT2D eigenvalue weighted by molar-refractivity contribution is 0.359. The molecule has 0 amide bonds. The Morgan fingerprint density at radius 3 is 3.00 bits per heavy atom. The Morgan fingerprint density at radius 2 is 2.29 bits per heavy atom. The van der Waals surface area contributed by atoms with Crippen molar-refractivity contribution in [2.45, 2.75) is 32.9 Å². The van der Waals surface area contributed by atoms with Crippen molar-refractivity contribution in [2.75, 3.05) is 0 Å². The summed E-state index contributed by atoms with van der Waals surface area (Å²) in [5.74, 6) is 1.59. The molecule has 1 unspecified atom stereocenters. The minimum absolute atomic E-state index is 0.139. The standard InChI is InChI=1S/C14H16N4O2S/c1-3-13-16-10(8-21-13)9(2)15-7-12-17-14(18-20-12)11-5-4-6-19-11/h4-6,8-9,15H,3,7H2,1-2H3. The molecule has 0 aromatic carbocycles. The van der Waals surface area contributed by atoms with Gasteiger partial charge in [0.25, 0.3) is 0 Å². The third kappa shape index (κ3) is 3.20. The summed E-state index contributed by atoms with van der Waals surface area (Å²) in [5.41, 5.74) is 1.04. The molecule has 1 N–H and O–H groups in total. The third-order valence-electron chi connectivity index (χ3n) is 3.08. The van der Waals surface area contributed by atoms with Crippen LogP contribution in [0.1, 0.15) is 36.5 Å². The van der Waals surface area contributed by atoms with Gasteiger partial charge in [-0.1, -0.05) is 12.1 Å². The molecule has 0 saturated heterocycles. The quantitative estimate of drug-likeness (QED) is 0.753. The first-order chi connectivity index (χ1) is 10.3. The number of hydrogen-bond donors (Lipinski definition) is 1. The van der Waals surface area contributed by atoms with Crippen LogP contribution in [0.2, 0.25) is 0 Å². The molecule has 0 spiro atoms. The van der Waals surface area contributed by atoms with Crippen LogP contribution in [-0.2, 0) is 13.0 Å².